The molecule has 9 nitrogen and oxygen atoms in total. The molecule has 0 amide bonds. The van der Waals surface area contributed by atoms with Gasteiger partial charge in [-0.3, -0.25) is 14.9 Å². The molecule has 4 N–H and O–H groups in total. The summed E-state index contributed by atoms with van der Waals surface area (Å²) in [7, 11) is 0. The van der Waals surface area contributed by atoms with Crippen LogP contribution >= 0.6 is 0 Å². The number of aromatic nitrogens is 4. The molecule has 2 aliphatic heterocycles. The van der Waals surface area contributed by atoms with Crippen molar-refractivity contribution in [3.8, 4) is 11.3 Å². The van der Waals surface area contributed by atoms with Gasteiger partial charge in [0, 0.05) is 30.4 Å². The molecular weight excluding hydrogens is 528 g/mol. The third kappa shape index (κ3) is 8.10. The number of nitrogen functional groups attached to an aromatic ring is 2. The lowest BCUT2D eigenvalue weighted by molar-refractivity contribution is -0.141. The Bertz CT molecular complexity index is 1320. The summed E-state index contributed by atoms with van der Waals surface area (Å²) in [5.74, 6) is 0.470. The van der Waals surface area contributed by atoms with Gasteiger partial charge in [-0.25, -0.2) is 8.91 Å². The summed E-state index contributed by atoms with van der Waals surface area (Å²) in [6.45, 7) is 12.3. The predicted octanol–water partition coefficient (Wildman–Crippen LogP) is 5.54. The fraction of sp³-hybridized carbons (Fsp3) is 0.556. The van der Waals surface area contributed by atoms with Crippen LogP contribution in [0.3, 0.4) is 0 Å². The van der Waals surface area contributed by atoms with E-state index in [-0.39, 0.29) is 11.5 Å². The maximum absolute atomic E-state index is 13.0. The van der Waals surface area contributed by atoms with Crippen molar-refractivity contribution in [1.29, 1.82) is 0 Å². The highest BCUT2D eigenvalue weighted by Crippen LogP contribution is 2.30. The highest BCUT2D eigenvalue weighted by molar-refractivity contribution is 5.87. The van der Waals surface area contributed by atoms with E-state index in [4.69, 9.17) is 16.2 Å². The van der Waals surface area contributed by atoms with E-state index in [1.165, 1.54) is 0 Å². The Morgan fingerprint density at radius 3 is 2.38 bits per heavy atom. The van der Waals surface area contributed by atoms with E-state index in [1.807, 2.05) is 39.0 Å². The number of aryl methyl sites for hydroxylation is 1. The number of piperidine rings is 1. The standard InChI is InChI=1S/C15H17N7.C9H16FNO.C3H5F3/c1-8(2)18-11-4-5-12(19-9(11)3)10-6-7-22-13(10)14(16)20-15(17)21-22;1-9(6-12-7-9)11-4-2-3-8(10)5-11;1-2-3(4,5)6/h4-7H,1-3H3,(H4,16,17,20,21);8H,2-7H2,1H3;2H2,1H3/t;8-;/m.1./s1. The van der Waals surface area contributed by atoms with Gasteiger partial charge in [0.25, 0.3) is 0 Å². The first-order valence-corrected chi connectivity index (χ1v) is 13.2. The number of nitrogens with zero attached hydrogens (tertiary/aromatic N) is 6. The van der Waals surface area contributed by atoms with Crippen LogP contribution in [0.4, 0.5) is 35.0 Å². The molecule has 13 heteroatoms. The third-order valence-corrected chi connectivity index (χ3v) is 6.59. The van der Waals surface area contributed by atoms with E-state index in [1.54, 1.807) is 10.7 Å². The lowest BCUT2D eigenvalue weighted by Gasteiger charge is -2.49. The summed E-state index contributed by atoms with van der Waals surface area (Å²) in [5, 5.41) is 4.12. The summed E-state index contributed by atoms with van der Waals surface area (Å²) in [5.41, 5.74) is 16.8. The predicted molar refractivity (Wildman–Crippen MR) is 149 cm³/mol. The summed E-state index contributed by atoms with van der Waals surface area (Å²) < 4.78 is 52.2. The number of fused-ring (bicyclic) bond motifs is 1. The van der Waals surface area contributed by atoms with Gasteiger partial charge in [-0.05, 0) is 65.3 Å². The van der Waals surface area contributed by atoms with Crippen molar-refractivity contribution < 1.29 is 22.3 Å². The first-order chi connectivity index (χ1) is 18.7. The number of hydrogen-bond acceptors (Lipinski definition) is 8. The minimum Gasteiger partial charge on any atom is -0.382 e. The van der Waals surface area contributed by atoms with E-state index in [9.17, 15) is 17.6 Å². The van der Waals surface area contributed by atoms with Crippen molar-refractivity contribution in [2.24, 2.45) is 4.99 Å². The average molecular weight is 567 g/mol. The van der Waals surface area contributed by atoms with Gasteiger partial charge in [0.1, 0.15) is 11.7 Å². The number of likely N-dealkylation sites (tertiary alicyclic amines) is 1. The molecule has 0 radical (unpaired) electrons. The van der Waals surface area contributed by atoms with Crippen molar-refractivity contribution in [2.45, 2.75) is 71.8 Å². The average Bonchev–Trinajstić information content (AvgIpc) is 3.28. The quantitative estimate of drug-likeness (QED) is 0.315. The largest absolute Gasteiger partial charge is 0.388 e. The summed E-state index contributed by atoms with van der Waals surface area (Å²) in [6.07, 6.45) is -1.77. The second kappa shape index (κ2) is 12.9. The van der Waals surface area contributed by atoms with E-state index in [0.717, 1.165) is 67.9 Å². The first kappa shape index (κ1) is 31.2. The highest BCUT2D eigenvalue weighted by Gasteiger charge is 2.41. The maximum atomic E-state index is 13.0. The Labute approximate surface area is 231 Å². The zero-order valence-corrected chi connectivity index (χ0v) is 23.6. The molecule has 3 aromatic heterocycles. The number of hydrogen-bond donors (Lipinski definition) is 2. The number of nitrogens with two attached hydrogens (primary N) is 2. The van der Waals surface area contributed by atoms with E-state index < -0.39 is 18.8 Å². The second-order valence-electron chi connectivity index (χ2n) is 10.4. The second-order valence-corrected chi connectivity index (χ2v) is 10.4. The molecule has 0 aromatic carbocycles. The fourth-order valence-corrected chi connectivity index (χ4v) is 4.33. The SMILES string of the molecule is CC(C)=Nc1ccc(-c2ccn3nc(N)nc(N)c23)nc1C.CC1(N2CCC[C@@H](F)C2)COC1.CCC(F)(F)F. The molecule has 5 heterocycles. The number of halogens is 4. The smallest absolute Gasteiger partial charge is 0.382 e. The van der Waals surface area contributed by atoms with Crippen LogP contribution in [0.5, 0.6) is 0 Å². The van der Waals surface area contributed by atoms with Crippen LogP contribution in [0.1, 0.15) is 52.7 Å². The van der Waals surface area contributed by atoms with E-state index >= 15 is 0 Å². The van der Waals surface area contributed by atoms with Gasteiger partial charge in [-0.2, -0.15) is 18.2 Å². The molecule has 2 aliphatic rings. The van der Waals surface area contributed by atoms with Crippen LogP contribution in [0.15, 0.2) is 29.4 Å². The molecule has 0 unspecified atom stereocenters. The van der Waals surface area contributed by atoms with Crippen LogP contribution in [0.2, 0.25) is 0 Å². The Balaban J connectivity index is 0.000000204. The van der Waals surface area contributed by atoms with Gasteiger partial charge in [-0.15, -0.1) is 5.10 Å². The number of rotatable bonds is 3. The zero-order valence-electron chi connectivity index (χ0n) is 23.6. The van der Waals surface area contributed by atoms with Crippen LogP contribution in [0, 0.1) is 6.92 Å². The molecule has 3 aromatic rings. The molecule has 0 saturated carbocycles. The van der Waals surface area contributed by atoms with Crippen LogP contribution in [-0.4, -0.2) is 74.4 Å². The lowest BCUT2D eigenvalue weighted by atomic mass is 9.94. The Kier molecular flexibility index (Phi) is 10.1. The molecule has 5 rings (SSSR count). The Morgan fingerprint density at radius 1 is 1.18 bits per heavy atom. The normalized spacial score (nSPS) is 18.6. The molecule has 0 spiro atoms. The number of alkyl halides is 4. The highest BCUT2D eigenvalue weighted by atomic mass is 19.4. The minimum absolute atomic E-state index is 0.138. The molecule has 0 bridgehead atoms. The van der Waals surface area contributed by atoms with Gasteiger partial charge >= 0.3 is 6.18 Å². The van der Waals surface area contributed by atoms with Gasteiger partial charge < -0.3 is 16.2 Å². The monoisotopic (exact) mass is 566 g/mol. The zero-order chi connectivity index (χ0) is 29.7. The van der Waals surface area contributed by atoms with Crippen molar-refractivity contribution in [1.82, 2.24) is 24.5 Å². The first-order valence-electron chi connectivity index (χ1n) is 13.2. The summed E-state index contributed by atoms with van der Waals surface area (Å²) in [6, 6.07) is 5.76. The summed E-state index contributed by atoms with van der Waals surface area (Å²) in [4.78, 5) is 15.3. The molecular formula is C27H38F4N8O. The van der Waals surface area contributed by atoms with Crippen molar-refractivity contribution >= 4 is 28.7 Å². The fourth-order valence-electron chi connectivity index (χ4n) is 4.33. The number of aliphatic imine (C=N–C) groups is 1. The molecule has 1 atom stereocenters. The molecule has 2 saturated heterocycles. The van der Waals surface area contributed by atoms with Crippen LogP contribution in [-0.2, 0) is 4.74 Å². The van der Waals surface area contributed by atoms with Gasteiger partial charge in [-0.1, -0.05) is 6.92 Å². The maximum Gasteiger partial charge on any atom is 0.388 e. The molecule has 2 fully saturated rings. The Hall–Kier alpha value is -3.32. The lowest BCUT2D eigenvalue weighted by Crippen LogP contribution is -2.62. The number of pyridine rings is 1. The van der Waals surface area contributed by atoms with Crippen LogP contribution < -0.4 is 11.5 Å². The third-order valence-electron chi connectivity index (χ3n) is 6.59. The molecule has 0 aliphatic carbocycles. The molecule has 40 heavy (non-hydrogen) atoms. The summed E-state index contributed by atoms with van der Waals surface area (Å²) >= 11 is 0. The van der Waals surface area contributed by atoms with E-state index in [2.05, 4.69) is 31.9 Å². The van der Waals surface area contributed by atoms with Crippen molar-refractivity contribution in [3.63, 3.8) is 0 Å². The van der Waals surface area contributed by atoms with Gasteiger partial charge in [0.05, 0.1) is 35.8 Å². The number of ether oxygens (including phenoxy) is 1. The Morgan fingerprint density at radius 2 is 1.85 bits per heavy atom. The van der Waals surface area contributed by atoms with E-state index in [0.29, 0.717) is 17.9 Å². The van der Waals surface area contributed by atoms with Crippen molar-refractivity contribution in [2.75, 3.05) is 37.8 Å². The topological polar surface area (TPSA) is 120 Å². The van der Waals surface area contributed by atoms with Gasteiger partial charge in [0.15, 0.2) is 5.82 Å². The van der Waals surface area contributed by atoms with Crippen LogP contribution in [0.25, 0.3) is 16.8 Å². The number of anilines is 2. The van der Waals surface area contributed by atoms with Gasteiger partial charge in [0.2, 0.25) is 5.95 Å². The minimum atomic E-state index is -3.96. The van der Waals surface area contributed by atoms with Crippen molar-refractivity contribution in [3.05, 3.63) is 30.1 Å². The molecule has 220 valence electrons.